The number of hydrogen-bond donors (Lipinski definition) is 1. The van der Waals surface area contributed by atoms with Gasteiger partial charge in [0.25, 0.3) is 5.22 Å². The van der Waals surface area contributed by atoms with Crippen molar-refractivity contribution < 1.29 is 18.7 Å². The lowest BCUT2D eigenvalue weighted by Gasteiger charge is -2.05. The first-order valence-corrected chi connectivity index (χ1v) is 8.57. The summed E-state index contributed by atoms with van der Waals surface area (Å²) < 4.78 is 16.1. The highest BCUT2D eigenvalue weighted by Crippen LogP contribution is 2.30. The Morgan fingerprint density at radius 1 is 1.15 bits per heavy atom. The summed E-state index contributed by atoms with van der Waals surface area (Å²) in [5.41, 5.74) is 0.665. The molecule has 0 bridgehead atoms. The molecule has 0 radical (unpaired) electrons. The molecular formula is C17H16N4O4S. The number of ether oxygens (including phenoxy) is 2. The molecule has 9 heteroatoms. The van der Waals surface area contributed by atoms with Crippen molar-refractivity contribution in [2.45, 2.75) is 5.22 Å². The number of aromatic nitrogens is 3. The summed E-state index contributed by atoms with van der Waals surface area (Å²) in [5, 5.41) is 10.9. The highest BCUT2D eigenvalue weighted by atomic mass is 32.2. The highest BCUT2D eigenvalue weighted by Gasteiger charge is 2.13. The van der Waals surface area contributed by atoms with Crippen molar-refractivity contribution in [3.8, 4) is 23.0 Å². The van der Waals surface area contributed by atoms with Crippen molar-refractivity contribution in [2.24, 2.45) is 0 Å². The van der Waals surface area contributed by atoms with Gasteiger partial charge in [-0.15, -0.1) is 10.2 Å². The summed E-state index contributed by atoms with van der Waals surface area (Å²) in [4.78, 5) is 16.0. The third-order valence-corrected chi connectivity index (χ3v) is 4.08. The first kappa shape index (κ1) is 17.7. The van der Waals surface area contributed by atoms with E-state index in [4.69, 9.17) is 13.9 Å². The fraction of sp³-hybridized carbons (Fsp3) is 0.176. The van der Waals surface area contributed by atoms with Crippen LogP contribution in [0.15, 0.2) is 52.2 Å². The number of methoxy groups -OCH3 is 2. The standard InChI is InChI=1S/C17H16N4O4S/c1-23-12-7-11(8-13(9-12)24-2)16-20-21-17(25-16)26-10-15(22)19-14-5-3-4-6-18-14/h3-9H,10H2,1-2H3,(H,18,19,22). The molecule has 3 rings (SSSR count). The smallest absolute Gasteiger partial charge is 0.277 e. The molecule has 0 aliphatic rings. The van der Waals surface area contributed by atoms with Gasteiger partial charge in [-0.3, -0.25) is 4.79 Å². The SMILES string of the molecule is COc1cc(OC)cc(-c2nnc(SCC(=O)Nc3ccccn3)o2)c1. The Labute approximate surface area is 153 Å². The van der Waals surface area contributed by atoms with Crippen molar-refractivity contribution in [2.75, 3.05) is 25.3 Å². The number of rotatable bonds is 7. The van der Waals surface area contributed by atoms with Gasteiger partial charge >= 0.3 is 0 Å². The number of carbonyl (C=O) groups excluding carboxylic acids is 1. The molecule has 0 unspecified atom stereocenters. The van der Waals surface area contributed by atoms with Gasteiger partial charge in [0.15, 0.2) is 0 Å². The summed E-state index contributed by atoms with van der Waals surface area (Å²) in [6.07, 6.45) is 1.61. The number of carbonyl (C=O) groups is 1. The third-order valence-electron chi connectivity index (χ3n) is 3.26. The van der Waals surface area contributed by atoms with E-state index in [9.17, 15) is 4.79 Å². The van der Waals surface area contributed by atoms with Crippen LogP contribution in [0.1, 0.15) is 0 Å². The van der Waals surface area contributed by atoms with E-state index in [0.717, 1.165) is 11.8 Å². The predicted octanol–water partition coefficient (Wildman–Crippen LogP) is 2.88. The first-order valence-electron chi connectivity index (χ1n) is 7.58. The molecule has 1 aromatic carbocycles. The topological polar surface area (TPSA) is 99.4 Å². The second kappa shape index (κ2) is 8.34. The van der Waals surface area contributed by atoms with Crippen molar-refractivity contribution in [1.29, 1.82) is 0 Å². The predicted molar refractivity (Wildman–Crippen MR) is 96.4 cm³/mol. The highest BCUT2D eigenvalue weighted by molar-refractivity contribution is 7.99. The van der Waals surface area contributed by atoms with Gasteiger partial charge in [0.2, 0.25) is 11.8 Å². The molecule has 3 aromatic rings. The van der Waals surface area contributed by atoms with Crippen molar-refractivity contribution >= 4 is 23.5 Å². The summed E-state index contributed by atoms with van der Waals surface area (Å²) >= 11 is 1.14. The van der Waals surface area contributed by atoms with Gasteiger partial charge in [0.05, 0.1) is 20.0 Å². The number of pyridine rings is 1. The largest absolute Gasteiger partial charge is 0.497 e. The van der Waals surface area contributed by atoms with E-state index >= 15 is 0 Å². The molecule has 0 aliphatic heterocycles. The van der Waals surface area contributed by atoms with Crippen molar-refractivity contribution in [1.82, 2.24) is 15.2 Å². The second-order valence-electron chi connectivity index (χ2n) is 5.03. The molecule has 1 amide bonds. The number of nitrogens with one attached hydrogen (secondary N) is 1. The average Bonchev–Trinajstić information content (AvgIpc) is 3.16. The maximum atomic E-state index is 11.9. The summed E-state index contributed by atoms with van der Waals surface area (Å²) in [5.74, 6) is 1.95. The number of hydrogen-bond acceptors (Lipinski definition) is 8. The number of benzene rings is 1. The molecule has 26 heavy (non-hydrogen) atoms. The molecule has 0 spiro atoms. The molecule has 0 aliphatic carbocycles. The molecule has 2 heterocycles. The Kier molecular flexibility index (Phi) is 5.69. The molecule has 2 aromatic heterocycles. The quantitative estimate of drug-likeness (QED) is 0.632. The lowest BCUT2D eigenvalue weighted by molar-refractivity contribution is -0.113. The van der Waals surface area contributed by atoms with Crippen LogP contribution in [0, 0.1) is 0 Å². The number of nitrogens with zero attached hydrogens (tertiary/aromatic N) is 3. The minimum atomic E-state index is -0.212. The number of amides is 1. The maximum absolute atomic E-state index is 11.9. The Hall–Kier alpha value is -3.07. The van der Waals surface area contributed by atoms with E-state index in [1.165, 1.54) is 0 Å². The monoisotopic (exact) mass is 372 g/mol. The average molecular weight is 372 g/mol. The lowest BCUT2D eigenvalue weighted by Crippen LogP contribution is -2.14. The van der Waals surface area contributed by atoms with E-state index in [2.05, 4.69) is 20.5 Å². The fourth-order valence-corrected chi connectivity index (χ4v) is 2.62. The third kappa shape index (κ3) is 4.51. The zero-order valence-electron chi connectivity index (χ0n) is 14.1. The van der Waals surface area contributed by atoms with E-state index in [-0.39, 0.29) is 16.9 Å². The minimum absolute atomic E-state index is 0.125. The number of thioether (sulfide) groups is 1. The van der Waals surface area contributed by atoms with Gasteiger partial charge in [-0.2, -0.15) is 0 Å². The van der Waals surface area contributed by atoms with Gasteiger partial charge < -0.3 is 19.2 Å². The molecule has 0 fully saturated rings. The van der Waals surface area contributed by atoms with Crippen LogP contribution in [-0.4, -0.2) is 41.1 Å². The van der Waals surface area contributed by atoms with Gasteiger partial charge in [-0.25, -0.2) is 4.98 Å². The number of anilines is 1. The van der Waals surface area contributed by atoms with Gasteiger partial charge in [-0.05, 0) is 24.3 Å². The van der Waals surface area contributed by atoms with Crippen LogP contribution in [0.5, 0.6) is 11.5 Å². The maximum Gasteiger partial charge on any atom is 0.277 e. The summed E-state index contributed by atoms with van der Waals surface area (Å²) in [6, 6.07) is 10.6. The first-order chi connectivity index (χ1) is 12.7. The zero-order valence-corrected chi connectivity index (χ0v) is 14.9. The van der Waals surface area contributed by atoms with Crippen LogP contribution in [0.25, 0.3) is 11.5 Å². The minimum Gasteiger partial charge on any atom is -0.497 e. The van der Waals surface area contributed by atoms with E-state index in [1.54, 1.807) is 56.8 Å². The molecule has 0 saturated heterocycles. The van der Waals surface area contributed by atoms with Crippen molar-refractivity contribution in [3.05, 3.63) is 42.6 Å². The molecule has 0 saturated carbocycles. The van der Waals surface area contributed by atoms with Crippen LogP contribution in [-0.2, 0) is 4.79 Å². The molecule has 8 nitrogen and oxygen atoms in total. The molecule has 134 valence electrons. The summed E-state index contributed by atoms with van der Waals surface area (Å²) in [7, 11) is 3.13. The van der Waals surface area contributed by atoms with E-state index in [0.29, 0.717) is 28.8 Å². The van der Waals surface area contributed by atoms with Gasteiger partial charge in [-0.1, -0.05) is 17.8 Å². The Morgan fingerprint density at radius 3 is 2.58 bits per heavy atom. The van der Waals surface area contributed by atoms with E-state index in [1.807, 2.05) is 0 Å². The second-order valence-corrected chi connectivity index (χ2v) is 5.95. The summed E-state index contributed by atoms with van der Waals surface area (Å²) in [6.45, 7) is 0. The molecule has 1 N–H and O–H groups in total. The van der Waals surface area contributed by atoms with Crippen LogP contribution in [0.4, 0.5) is 5.82 Å². The van der Waals surface area contributed by atoms with Crippen LogP contribution < -0.4 is 14.8 Å². The fourth-order valence-electron chi connectivity index (χ4n) is 2.06. The zero-order chi connectivity index (χ0) is 18.4. The normalized spacial score (nSPS) is 10.4. The lowest BCUT2D eigenvalue weighted by atomic mass is 10.2. The molecular weight excluding hydrogens is 356 g/mol. The molecule has 0 atom stereocenters. The van der Waals surface area contributed by atoms with Crippen LogP contribution in [0.3, 0.4) is 0 Å². The van der Waals surface area contributed by atoms with Crippen LogP contribution >= 0.6 is 11.8 Å². The van der Waals surface area contributed by atoms with E-state index < -0.39 is 0 Å². The van der Waals surface area contributed by atoms with Gasteiger partial charge in [0, 0.05) is 17.8 Å². The Bertz CT molecular complexity index is 863. The van der Waals surface area contributed by atoms with Crippen LogP contribution in [0.2, 0.25) is 0 Å². The van der Waals surface area contributed by atoms with Crippen molar-refractivity contribution in [3.63, 3.8) is 0 Å². The Balaban J connectivity index is 1.64. The van der Waals surface area contributed by atoms with Gasteiger partial charge in [0.1, 0.15) is 17.3 Å². The Morgan fingerprint density at radius 2 is 1.92 bits per heavy atom.